The van der Waals surface area contributed by atoms with E-state index in [0.717, 1.165) is 11.1 Å². The van der Waals surface area contributed by atoms with Crippen LogP contribution >= 0.6 is 0 Å². The number of nitrogens with zero attached hydrogens (tertiary/aromatic N) is 1. The molecule has 94 valence electrons. The van der Waals surface area contributed by atoms with Crippen molar-refractivity contribution >= 4 is 22.5 Å². The Morgan fingerprint density at radius 2 is 1.94 bits per heavy atom. The maximum Gasteiger partial charge on any atom is 0.234 e. The van der Waals surface area contributed by atoms with Gasteiger partial charge in [0.25, 0.3) is 0 Å². The lowest BCUT2D eigenvalue weighted by molar-refractivity contribution is -0.112. The van der Waals surface area contributed by atoms with Crippen LogP contribution < -0.4 is 0 Å². The molecule has 4 heteroatoms. The first-order valence-electron chi connectivity index (χ1n) is 5.69. The zero-order valence-electron chi connectivity index (χ0n) is 10.9. The molecular weight excluding hydrogens is 230 g/mol. The Morgan fingerprint density at radius 3 is 2.50 bits per heavy atom. The van der Waals surface area contributed by atoms with E-state index in [4.69, 9.17) is 4.42 Å². The molecular formula is C14H15NO3. The predicted molar refractivity (Wildman–Crippen MR) is 69.4 cm³/mol. The number of aromatic nitrogens is 1. The summed E-state index contributed by atoms with van der Waals surface area (Å²) >= 11 is 0. The van der Waals surface area contributed by atoms with Gasteiger partial charge in [0.1, 0.15) is 16.8 Å². The molecule has 0 saturated carbocycles. The lowest BCUT2D eigenvalue weighted by atomic mass is 10.1. The number of benzene rings is 1. The molecule has 0 spiro atoms. The van der Waals surface area contributed by atoms with Gasteiger partial charge in [-0.25, -0.2) is 4.98 Å². The molecule has 0 unspecified atom stereocenters. The number of aryl methyl sites for hydroxylation is 2. The van der Waals surface area contributed by atoms with Crippen molar-refractivity contribution in [3.05, 3.63) is 34.9 Å². The Kier molecular flexibility index (Phi) is 2.95. The first kappa shape index (κ1) is 12.4. The van der Waals surface area contributed by atoms with E-state index in [1.807, 2.05) is 26.0 Å². The largest absolute Gasteiger partial charge is 0.512 e. The quantitative estimate of drug-likeness (QED) is 0.651. The van der Waals surface area contributed by atoms with Crippen molar-refractivity contribution in [1.29, 1.82) is 0 Å². The van der Waals surface area contributed by atoms with Gasteiger partial charge in [-0.1, -0.05) is 6.07 Å². The fourth-order valence-electron chi connectivity index (χ4n) is 1.89. The third kappa shape index (κ3) is 1.90. The number of allylic oxidation sites excluding steroid dienone is 2. The van der Waals surface area contributed by atoms with E-state index in [-0.39, 0.29) is 23.0 Å². The van der Waals surface area contributed by atoms with Gasteiger partial charge >= 0.3 is 0 Å². The zero-order chi connectivity index (χ0) is 13.4. The third-order valence-electron chi connectivity index (χ3n) is 3.00. The Balaban J connectivity index is 2.72. The number of carbonyl (C=O) groups excluding carboxylic acids is 1. The number of oxazole rings is 1. The molecule has 18 heavy (non-hydrogen) atoms. The Morgan fingerprint density at radius 1 is 1.28 bits per heavy atom. The lowest BCUT2D eigenvalue weighted by Crippen LogP contribution is -1.99. The summed E-state index contributed by atoms with van der Waals surface area (Å²) in [5.41, 5.74) is 3.56. The smallest absolute Gasteiger partial charge is 0.234 e. The minimum absolute atomic E-state index is 0.0802. The van der Waals surface area contributed by atoms with Crippen molar-refractivity contribution in [3.63, 3.8) is 0 Å². The molecule has 0 radical (unpaired) electrons. The fraction of sp³-hybridized carbons (Fsp3) is 0.286. The first-order valence-corrected chi connectivity index (χ1v) is 5.69. The van der Waals surface area contributed by atoms with Crippen molar-refractivity contribution < 1.29 is 14.3 Å². The highest BCUT2D eigenvalue weighted by atomic mass is 16.4. The molecule has 2 rings (SSSR count). The minimum atomic E-state index is -0.268. The zero-order valence-corrected chi connectivity index (χ0v) is 10.9. The number of hydrogen-bond donors (Lipinski definition) is 1. The topological polar surface area (TPSA) is 63.3 Å². The van der Waals surface area contributed by atoms with Crippen molar-refractivity contribution in [2.24, 2.45) is 0 Å². The summed E-state index contributed by atoms with van der Waals surface area (Å²) < 4.78 is 5.61. The van der Waals surface area contributed by atoms with Crippen LogP contribution in [0, 0.1) is 13.8 Å². The normalized spacial score (nSPS) is 12.7. The predicted octanol–water partition coefficient (Wildman–Crippen LogP) is 3.32. The second-order valence-corrected chi connectivity index (χ2v) is 4.39. The van der Waals surface area contributed by atoms with Crippen LogP contribution in [0.5, 0.6) is 0 Å². The molecule has 0 aliphatic carbocycles. The van der Waals surface area contributed by atoms with E-state index in [1.165, 1.54) is 13.8 Å². The molecule has 0 saturated heterocycles. The van der Waals surface area contributed by atoms with E-state index in [0.29, 0.717) is 11.1 Å². The Labute approximate surface area is 105 Å². The molecule has 0 fully saturated rings. The maximum atomic E-state index is 11.5. The van der Waals surface area contributed by atoms with Gasteiger partial charge in [-0.05, 0) is 44.9 Å². The molecule has 2 aromatic rings. The summed E-state index contributed by atoms with van der Waals surface area (Å²) in [4.78, 5) is 15.7. The van der Waals surface area contributed by atoms with Gasteiger partial charge in [0.2, 0.25) is 5.89 Å². The summed E-state index contributed by atoms with van der Waals surface area (Å²) in [6, 6.07) is 3.79. The molecule has 0 aliphatic rings. The monoisotopic (exact) mass is 245 g/mol. The number of Topliss-reactive ketones (excluding diaryl/α,β-unsaturated/α-hetero) is 1. The molecule has 4 nitrogen and oxygen atoms in total. The second-order valence-electron chi connectivity index (χ2n) is 4.39. The summed E-state index contributed by atoms with van der Waals surface area (Å²) in [6.07, 6.45) is 0. The van der Waals surface area contributed by atoms with Crippen LogP contribution in [0.4, 0.5) is 0 Å². The van der Waals surface area contributed by atoms with Crippen LogP contribution in [0.2, 0.25) is 0 Å². The van der Waals surface area contributed by atoms with Gasteiger partial charge in [0.15, 0.2) is 11.4 Å². The Hall–Kier alpha value is -2.10. The van der Waals surface area contributed by atoms with Gasteiger partial charge in [-0.15, -0.1) is 0 Å². The number of carbonyl (C=O) groups is 1. The molecule has 1 aromatic carbocycles. The highest BCUT2D eigenvalue weighted by Gasteiger charge is 2.19. The van der Waals surface area contributed by atoms with Gasteiger partial charge in [-0.3, -0.25) is 4.79 Å². The average molecular weight is 245 g/mol. The number of aliphatic hydroxyl groups is 1. The minimum Gasteiger partial charge on any atom is -0.512 e. The standard InChI is InChI=1S/C14H15NO3/c1-7-5-6-11-13(8(7)2)18-14(15-11)12(9(3)16)10(4)17/h5-6,16H,1-4H3/b12-9-. The number of ketones is 1. The van der Waals surface area contributed by atoms with Crippen LogP contribution in [0.1, 0.15) is 30.9 Å². The molecule has 0 atom stereocenters. The summed E-state index contributed by atoms with van der Waals surface area (Å²) in [7, 11) is 0. The van der Waals surface area contributed by atoms with E-state index in [1.54, 1.807) is 0 Å². The first-order chi connectivity index (χ1) is 8.41. The Bertz CT molecular complexity index is 661. The maximum absolute atomic E-state index is 11.5. The molecule has 0 aliphatic heterocycles. The van der Waals surface area contributed by atoms with Crippen LogP contribution in [0.25, 0.3) is 16.7 Å². The third-order valence-corrected chi connectivity index (χ3v) is 3.00. The average Bonchev–Trinajstić information content (AvgIpc) is 2.67. The SMILES string of the molecule is CC(=O)/C(=C(\C)O)c1nc2ccc(C)c(C)c2o1. The van der Waals surface area contributed by atoms with Crippen molar-refractivity contribution in [2.75, 3.05) is 0 Å². The van der Waals surface area contributed by atoms with Crippen molar-refractivity contribution in [1.82, 2.24) is 4.98 Å². The second kappa shape index (κ2) is 4.29. The highest BCUT2D eigenvalue weighted by Crippen LogP contribution is 2.27. The number of rotatable bonds is 2. The van der Waals surface area contributed by atoms with Gasteiger partial charge < -0.3 is 9.52 Å². The van der Waals surface area contributed by atoms with Gasteiger partial charge in [-0.2, -0.15) is 0 Å². The van der Waals surface area contributed by atoms with Crippen LogP contribution in [-0.4, -0.2) is 15.9 Å². The van der Waals surface area contributed by atoms with Crippen molar-refractivity contribution in [2.45, 2.75) is 27.7 Å². The van der Waals surface area contributed by atoms with E-state index >= 15 is 0 Å². The molecule has 0 amide bonds. The highest BCUT2D eigenvalue weighted by molar-refractivity contribution is 6.19. The molecule has 1 N–H and O–H groups in total. The van der Waals surface area contributed by atoms with E-state index < -0.39 is 0 Å². The molecule has 0 bridgehead atoms. The summed E-state index contributed by atoms with van der Waals surface area (Å²) in [5.74, 6) is -0.175. The van der Waals surface area contributed by atoms with E-state index in [2.05, 4.69) is 4.98 Å². The van der Waals surface area contributed by atoms with Crippen molar-refractivity contribution in [3.8, 4) is 0 Å². The summed E-state index contributed by atoms with van der Waals surface area (Å²) in [5, 5.41) is 9.54. The van der Waals surface area contributed by atoms with E-state index in [9.17, 15) is 9.90 Å². The van der Waals surface area contributed by atoms with Gasteiger partial charge in [0, 0.05) is 0 Å². The lowest BCUT2D eigenvalue weighted by Gasteiger charge is -1.99. The molecule has 1 aromatic heterocycles. The van der Waals surface area contributed by atoms with Gasteiger partial charge in [0.05, 0.1) is 0 Å². The number of hydrogen-bond acceptors (Lipinski definition) is 4. The number of aliphatic hydroxyl groups excluding tert-OH is 1. The summed E-state index contributed by atoms with van der Waals surface area (Å²) in [6.45, 7) is 6.75. The van der Waals surface area contributed by atoms with Crippen LogP contribution in [0.3, 0.4) is 0 Å². The van der Waals surface area contributed by atoms with Crippen LogP contribution in [0.15, 0.2) is 22.3 Å². The number of fused-ring (bicyclic) bond motifs is 1. The molecule has 1 heterocycles. The fourth-order valence-corrected chi connectivity index (χ4v) is 1.89. The van der Waals surface area contributed by atoms with Crippen LogP contribution in [-0.2, 0) is 4.79 Å².